The maximum atomic E-state index is 13.1. The Hall–Kier alpha value is -3.87. The molecule has 164 valence electrons. The maximum absolute atomic E-state index is 13.1. The van der Waals surface area contributed by atoms with Gasteiger partial charge in [0.1, 0.15) is 5.82 Å². The van der Waals surface area contributed by atoms with E-state index in [1.54, 1.807) is 12.1 Å². The Bertz CT molecular complexity index is 1130. The molecule has 1 heterocycles. The van der Waals surface area contributed by atoms with E-state index < -0.39 is 5.82 Å². The van der Waals surface area contributed by atoms with Crippen molar-refractivity contribution in [3.05, 3.63) is 83.7 Å². The summed E-state index contributed by atoms with van der Waals surface area (Å²) in [5.74, 6) is -0.753. The lowest BCUT2D eigenvalue weighted by Crippen LogP contribution is -2.24. The van der Waals surface area contributed by atoms with Gasteiger partial charge in [-0.05, 0) is 79.9 Å². The summed E-state index contributed by atoms with van der Waals surface area (Å²) < 4.78 is 13.1. The van der Waals surface area contributed by atoms with Crippen molar-refractivity contribution in [2.24, 2.45) is 0 Å². The number of hydrogen-bond donors (Lipinski definition) is 3. The van der Waals surface area contributed by atoms with Crippen LogP contribution < -0.4 is 20.9 Å². The minimum absolute atomic E-state index is 0.349. The maximum Gasteiger partial charge on any atom is 0.323 e. The lowest BCUT2D eigenvalue weighted by molar-refractivity contribution is 0.102. The molecule has 3 N–H and O–H groups in total. The molecule has 0 radical (unpaired) electrons. The number of benzene rings is 3. The van der Waals surface area contributed by atoms with Crippen LogP contribution in [0.5, 0.6) is 0 Å². The fourth-order valence-electron chi connectivity index (χ4n) is 3.76. The fraction of sp³-hybridized carbons (Fsp3) is 0.200. The monoisotopic (exact) mass is 432 g/mol. The zero-order valence-corrected chi connectivity index (χ0v) is 17.8. The topological polar surface area (TPSA) is 73.5 Å². The SMILES string of the molecule is Cc1cccc(NC(=O)Nc2cc(NC(=O)c3ccc(F)cc3)ccc2N2CCCC2)c1. The molecule has 0 unspecified atom stereocenters. The van der Waals surface area contributed by atoms with Crippen molar-refractivity contribution in [2.75, 3.05) is 33.9 Å². The molecule has 0 spiro atoms. The first-order chi connectivity index (χ1) is 15.5. The molecule has 0 aromatic heterocycles. The molecule has 1 saturated heterocycles. The highest BCUT2D eigenvalue weighted by Gasteiger charge is 2.18. The van der Waals surface area contributed by atoms with Crippen molar-refractivity contribution < 1.29 is 14.0 Å². The molecule has 3 aromatic rings. The van der Waals surface area contributed by atoms with Crippen LogP contribution in [-0.2, 0) is 0 Å². The Morgan fingerprint density at radius 3 is 2.28 bits per heavy atom. The third-order valence-corrected chi connectivity index (χ3v) is 5.33. The first kappa shape index (κ1) is 21.4. The van der Waals surface area contributed by atoms with E-state index in [1.165, 1.54) is 24.3 Å². The number of amides is 3. The summed E-state index contributed by atoms with van der Waals surface area (Å²) in [6.45, 7) is 3.78. The van der Waals surface area contributed by atoms with Gasteiger partial charge < -0.3 is 20.9 Å². The Kier molecular flexibility index (Phi) is 6.35. The second-order valence-electron chi connectivity index (χ2n) is 7.84. The number of nitrogens with zero attached hydrogens (tertiary/aromatic N) is 1. The summed E-state index contributed by atoms with van der Waals surface area (Å²) in [7, 11) is 0. The highest BCUT2D eigenvalue weighted by molar-refractivity contribution is 6.06. The zero-order valence-electron chi connectivity index (χ0n) is 17.8. The second-order valence-corrected chi connectivity index (χ2v) is 7.84. The van der Waals surface area contributed by atoms with Crippen molar-refractivity contribution in [3.8, 4) is 0 Å². The van der Waals surface area contributed by atoms with Crippen LogP contribution in [0.15, 0.2) is 66.7 Å². The van der Waals surface area contributed by atoms with Crippen molar-refractivity contribution in [3.63, 3.8) is 0 Å². The second kappa shape index (κ2) is 9.51. The molecule has 7 heteroatoms. The van der Waals surface area contributed by atoms with E-state index in [1.807, 2.05) is 37.3 Å². The average Bonchev–Trinajstić information content (AvgIpc) is 3.29. The normalized spacial score (nSPS) is 13.0. The predicted octanol–water partition coefficient (Wildman–Crippen LogP) is 5.63. The number of carbonyl (C=O) groups excluding carboxylic acids is 2. The van der Waals surface area contributed by atoms with Crippen LogP contribution in [-0.4, -0.2) is 25.0 Å². The number of carbonyl (C=O) groups is 2. The molecule has 0 aliphatic carbocycles. The molecule has 3 aromatic carbocycles. The summed E-state index contributed by atoms with van der Waals surface area (Å²) in [6.07, 6.45) is 2.19. The minimum Gasteiger partial charge on any atom is -0.370 e. The third kappa shape index (κ3) is 5.24. The number of aryl methyl sites for hydroxylation is 1. The summed E-state index contributed by atoms with van der Waals surface area (Å²) in [5, 5.41) is 8.59. The predicted molar refractivity (Wildman–Crippen MR) is 126 cm³/mol. The molecule has 1 aliphatic rings. The van der Waals surface area contributed by atoms with Crippen LogP contribution in [0.2, 0.25) is 0 Å². The van der Waals surface area contributed by atoms with Gasteiger partial charge in [0.15, 0.2) is 0 Å². The molecule has 32 heavy (non-hydrogen) atoms. The fourth-order valence-corrected chi connectivity index (χ4v) is 3.76. The van der Waals surface area contributed by atoms with Gasteiger partial charge in [-0.15, -0.1) is 0 Å². The van der Waals surface area contributed by atoms with Gasteiger partial charge in [0.25, 0.3) is 5.91 Å². The summed E-state index contributed by atoms with van der Waals surface area (Å²) in [6, 6.07) is 18.0. The summed E-state index contributed by atoms with van der Waals surface area (Å²) in [4.78, 5) is 27.4. The minimum atomic E-state index is -0.400. The van der Waals surface area contributed by atoms with E-state index >= 15 is 0 Å². The Balaban J connectivity index is 1.54. The van der Waals surface area contributed by atoms with E-state index in [9.17, 15) is 14.0 Å². The largest absolute Gasteiger partial charge is 0.370 e. The van der Waals surface area contributed by atoms with Gasteiger partial charge >= 0.3 is 6.03 Å². The Morgan fingerprint density at radius 1 is 0.844 bits per heavy atom. The van der Waals surface area contributed by atoms with Crippen molar-refractivity contribution in [2.45, 2.75) is 19.8 Å². The number of rotatable bonds is 5. The molecule has 3 amide bonds. The van der Waals surface area contributed by atoms with E-state index in [2.05, 4.69) is 20.9 Å². The van der Waals surface area contributed by atoms with Crippen LogP contribution in [0.4, 0.5) is 31.9 Å². The molecular formula is C25H25FN4O2. The average molecular weight is 432 g/mol. The van der Waals surface area contributed by atoms with E-state index in [0.717, 1.165) is 37.2 Å². The highest BCUT2D eigenvalue weighted by Crippen LogP contribution is 2.32. The van der Waals surface area contributed by atoms with Gasteiger partial charge in [0.05, 0.1) is 11.4 Å². The lowest BCUT2D eigenvalue weighted by atomic mass is 10.2. The van der Waals surface area contributed by atoms with Gasteiger partial charge in [-0.25, -0.2) is 9.18 Å². The van der Waals surface area contributed by atoms with Crippen molar-refractivity contribution in [1.29, 1.82) is 0 Å². The first-order valence-electron chi connectivity index (χ1n) is 10.6. The zero-order chi connectivity index (χ0) is 22.5. The number of urea groups is 1. The van der Waals surface area contributed by atoms with Crippen LogP contribution in [0, 0.1) is 12.7 Å². The smallest absolute Gasteiger partial charge is 0.323 e. The quantitative estimate of drug-likeness (QED) is 0.489. The lowest BCUT2D eigenvalue weighted by Gasteiger charge is -2.22. The Labute approximate surface area is 186 Å². The van der Waals surface area contributed by atoms with Crippen molar-refractivity contribution in [1.82, 2.24) is 0 Å². The molecular weight excluding hydrogens is 407 g/mol. The molecule has 0 saturated carbocycles. The number of halogens is 1. The summed E-state index contributed by atoms with van der Waals surface area (Å²) in [5.41, 5.74) is 4.14. The molecule has 0 atom stereocenters. The summed E-state index contributed by atoms with van der Waals surface area (Å²) >= 11 is 0. The molecule has 0 bridgehead atoms. The van der Waals surface area contributed by atoms with Gasteiger partial charge in [-0.2, -0.15) is 0 Å². The standard InChI is InChI=1S/C25H25FN4O2/c1-17-5-4-6-20(15-17)28-25(32)29-22-16-21(11-12-23(22)30-13-2-3-14-30)27-24(31)18-7-9-19(26)10-8-18/h4-12,15-16H,2-3,13-14H2,1H3,(H,27,31)(H2,28,29,32). The number of hydrogen-bond acceptors (Lipinski definition) is 3. The van der Waals surface area contributed by atoms with Gasteiger partial charge in [0.2, 0.25) is 0 Å². The van der Waals surface area contributed by atoms with Crippen molar-refractivity contribution >= 4 is 34.7 Å². The molecule has 1 aliphatic heterocycles. The Morgan fingerprint density at radius 2 is 1.56 bits per heavy atom. The number of anilines is 4. The van der Waals surface area contributed by atoms with Gasteiger partial charge in [0, 0.05) is 30.0 Å². The molecule has 6 nitrogen and oxygen atoms in total. The van der Waals surface area contributed by atoms with Crippen LogP contribution in [0.25, 0.3) is 0 Å². The highest BCUT2D eigenvalue weighted by atomic mass is 19.1. The van der Waals surface area contributed by atoms with E-state index in [4.69, 9.17) is 0 Å². The van der Waals surface area contributed by atoms with Gasteiger partial charge in [-0.1, -0.05) is 12.1 Å². The third-order valence-electron chi connectivity index (χ3n) is 5.33. The van der Waals surface area contributed by atoms with Crippen LogP contribution >= 0.6 is 0 Å². The molecule has 4 rings (SSSR count). The van der Waals surface area contributed by atoms with Crippen LogP contribution in [0.3, 0.4) is 0 Å². The van der Waals surface area contributed by atoms with E-state index in [-0.39, 0.29) is 11.9 Å². The van der Waals surface area contributed by atoms with E-state index in [0.29, 0.717) is 22.6 Å². The first-order valence-corrected chi connectivity index (χ1v) is 10.6. The van der Waals surface area contributed by atoms with Gasteiger partial charge in [-0.3, -0.25) is 4.79 Å². The van der Waals surface area contributed by atoms with Crippen LogP contribution in [0.1, 0.15) is 28.8 Å². The molecule has 1 fully saturated rings. The number of nitrogens with one attached hydrogen (secondary N) is 3.